The summed E-state index contributed by atoms with van der Waals surface area (Å²) in [5.41, 5.74) is 0. The average molecular weight is 928 g/mol. The summed E-state index contributed by atoms with van der Waals surface area (Å²) < 4.78 is 17.5. The molecule has 0 aromatic heterocycles. The fourth-order valence-electron chi connectivity index (χ4n) is 8.71. The number of rotatable bonds is 55. The molecular formula is C61H114O5. The maximum Gasteiger partial charge on any atom is 0.306 e. The Morgan fingerprint density at radius 1 is 0.333 bits per heavy atom. The van der Waals surface area contributed by atoms with E-state index in [0.717, 1.165) is 57.8 Å². The van der Waals surface area contributed by atoms with Gasteiger partial charge in [0.15, 0.2) is 6.10 Å². The van der Waals surface area contributed by atoms with Gasteiger partial charge in [0.1, 0.15) is 6.61 Å². The van der Waals surface area contributed by atoms with Crippen molar-refractivity contribution in [2.45, 2.75) is 322 Å². The van der Waals surface area contributed by atoms with Gasteiger partial charge in [0.25, 0.3) is 0 Å². The molecule has 5 heteroatoms. The lowest BCUT2D eigenvalue weighted by atomic mass is 10.0. The van der Waals surface area contributed by atoms with Crippen molar-refractivity contribution in [2.75, 3.05) is 19.8 Å². The van der Waals surface area contributed by atoms with Gasteiger partial charge in [-0.15, -0.1) is 0 Å². The van der Waals surface area contributed by atoms with E-state index >= 15 is 0 Å². The first kappa shape index (κ1) is 64.1. The number of hydrogen-bond acceptors (Lipinski definition) is 5. The highest BCUT2D eigenvalue weighted by Crippen LogP contribution is 2.16. The van der Waals surface area contributed by atoms with Crippen molar-refractivity contribution in [2.24, 2.45) is 0 Å². The molecule has 0 spiro atoms. The summed E-state index contributed by atoms with van der Waals surface area (Å²) >= 11 is 0. The third-order valence-corrected chi connectivity index (χ3v) is 13.1. The van der Waals surface area contributed by atoms with Gasteiger partial charge in [-0.1, -0.05) is 263 Å². The first-order valence-corrected chi connectivity index (χ1v) is 29.5. The van der Waals surface area contributed by atoms with E-state index in [9.17, 15) is 9.59 Å². The Balaban J connectivity index is 4.25. The van der Waals surface area contributed by atoms with Crippen LogP contribution in [0.15, 0.2) is 36.5 Å². The van der Waals surface area contributed by atoms with E-state index < -0.39 is 6.10 Å². The van der Waals surface area contributed by atoms with Gasteiger partial charge in [-0.25, -0.2) is 0 Å². The summed E-state index contributed by atoms with van der Waals surface area (Å²) in [4.78, 5) is 25.5. The van der Waals surface area contributed by atoms with Gasteiger partial charge in [0.2, 0.25) is 0 Å². The van der Waals surface area contributed by atoms with Crippen molar-refractivity contribution in [3.63, 3.8) is 0 Å². The molecule has 388 valence electrons. The van der Waals surface area contributed by atoms with Gasteiger partial charge in [0.05, 0.1) is 6.61 Å². The number of hydrogen-bond donors (Lipinski definition) is 0. The molecule has 0 aliphatic carbocycles. The molecule has 0 aromatic carbocycles. The molecule has 1 unspecified atom stereocenters. The first-order valence-electron chi connectivity index (χ1n) is 29.5. The monoisotopic (exact) mass is 927 g/mol. The van der Waals surface area contributed by atoms with E-state index in [1.807, 2.05) is 0 Å². The molecule has 0 saturated carbocycles. The summed E-state index contributed by atoms with van der Waals surface area (Å²) in [5.74, 6) is -0.397. The van der Waals surface area contributed by atoms with Gasteiger partial charge >= 0.3 is 11.9 Å². The van der Waals surface area contributed by atoms with Crippen LogP contribution in [0.4, 0.5) is 0 Å². The van der Waals surface area contributed by atoms with E-state index in [0.29, 0.717) is 19.4 Å². The predicted molar refractivity (Wildman–Crippen MR) is 288 cm³/mol. The summed E-state index contributed by atoms with van der Waals surface area (Å²) in [6, 6.07) is 0. The van der Waals surface area contributed by atoms with Gasteiger partial charge in [-0.05, 0) is 77.0 Å². The zero-order valence-electron chi connectivity index (χ0n) is 44.7. The largest absolute Gasteiger partial charge is 0.462 e. The highest BCUT2D eigenvalue weighted by Gasteiger charge is 2.17. The average Bonchev–Trinajstić information content (AvgIpc) is 3.32. The van der Waals surface area contributed by atoms with Gasteiger partial charge in [-0.3, -0.25) is 9.59 Å². The highest BCUT2D eigenvalue weighted by atomic mass is 16.6. The number of carbonyl (C=O) groups is 2. The second kappa shape index (κ2) is 57.4. The Morgan fingerprint density at radius 2 is 0.636 bits per heavy atom. The van der Waals surface area contributed by atoms with E-state index in [1.165, 1.54) is 225 Å². The first-order chi connectivity index (χ1) is 32.6. The van der Waals surface area contributed by atoms with Gasteiger partial charge < -0.3 is 14.2 Å². The molecule has 0 aliphatic heterocycles. The quantitative estimate of drug-likeness (QED) is 0.0345. The van der Waals surface area contributed by atoms with Crippen LogP contribution in [0, 0.1) is 0 Å². The Labute approximate surface area is 412 Å². The van der Waals surface area contributed by atoms with Crippen LogP contribution in [0.25, 0.3) is 0 Å². The molecule has 0 fully saturated rings. The third-order valence-electron chi connectivity index (χ3n) is 13.1. The fraction of sp³-hybridized carbons (Fsp3) is 0.869. The van der Waals surface area contributed by atoms with Crippen molar-refractivity contribution in [1.82, 2.24) is 0 Å². The topological polar surface area (TPSA) is 61.8 Å². The number of unbranched alkanes of at least 4 members (excludes halogenated alkanes) is 38. The van der Waals surface area contributed by atoms with E-state index in [1.54, 1.807) is 0 Å². The second-order valence-electron chi connectivity index (χ2n) is 19.9. The standard InChI is InChI=1S/C61H114O5/c1-4-7-10-13-16-19-22-25-28-30-32-35-38-41-44-47-50-53-56-64-57-59(66-61(63)55-52-49-46-43-40-37-33-27-24-21-18-15-12-9-6-3)58-65-60(62)54-51-48-45-42-39-36-34-31-29-26-23-20-17-14-11-8-5-2/h17,20,26-27,29,33,59H,4-16,18-19,21-25,28,30-32,34-58H2,1-3H3/b20-17-,29-26-,33-27-. The Kier molecular flexibility index (Phi) is 55.8. The minimum atomic E-state index is -0.540. The molecule has 0 radical (unpaired) electrons. The molecular weight excluding hydrogens is 813 g/mol. The maximum absolute atomic E-state index is 12.9. The number of carbonyl (C=O) groups excluding carboxylic acids is 2. The summed E-state index contributed by atoms with van der Waals surface area (Å²) in [6.45, 7) is 7.85. The van der Waals surface area contributed by atoms with Crippen LogP contribution in [0.2, 0.25) is 0 Å². The summed E-state index contributed by atoms with van der Waals surface area (Å²) in [7, 11) is 0. The van der Waals surface area contributed by atoms with Crippen LogP contribution in [0.3, 0.4) is 0 Å². The zero-order valence-corrected chi connectivity index (χ0v) is 44.7. The zero-order chi connectivity index (χ0) is 47.7. The second-order valence-corrected chi connectivity index (χ2v) is 19.9. The lowest BCUT2D eigenvalue weighted by molar-refractivity contribution is -0.163. The molecule has 0 N–H and O–H groups in total. The molecule has 0 bridgehead atoms. The molecule has 0 rings (SSSR count). The highest BCUT2D eigenvalue weighted by molar-refractivity contribution is 5.70. The molecule has 66 heavy (non-hydrogen) atoms. The number of ether oxygens (including phenoxy) is 3. The molecule has 0 amide bonds. The molecule has 0 aromatic rings. The summed E-state index contributed by atoms with van der Waals surface area (Å²) in [6.07, 6.45) is 70.2. The SMILES string of the molecule is CCCCC/C=C\C/C=C\CCCCCCCCCC(=O)OCC(COCCCCCCCCCCCCCCCCCCCC)OC(=O)CCCCCCC/C=C\CCCCCCCC. The molecule has 5 nitrogen and oxygen atoms in total. The van der Waals surface area contributed by atoms with Crippen molar-refractivity contribution in [3.8, 4) is 0 Å². The Morgan fingerprint density at radius 3 is 1.05 bits per heavy atom. The maximum atomic E-state index is 12.9. The van der Waals surface area contributed by atoms with Gasteiger partial charge in [0, 0.05) is 19.4 Å². The molecule has 0 heterocycles. The number of esters is 2. The number of allylic oxidation sites excluding steroid dienone is 6. The Hall–Kier alpha value is -1.88. The minimum Gasteiger partial charge on any atom is -0.462 e. The fourth-order valence-corrected chi connectivity index (χ4v) is 8.71. The Bertz CT molecular complexity index is 1050. The summed E-state index contributed by atoms with van der Waals surface area (Å²) in [5, 5.41) is 0. The molecule has 0 saturated heterocycles. The van der Waals surface area contributed by atoms with Crippen molar-refractivity contribution >= 4 is 11.9 Å². The minimum absolute atomic E-state index is 0.0831. The van der Waals surface area contributed by atoms with E-state index in [4.69, 9.17) is 14.2 Å². The van der Waals surface area contributed by atoms with Crippen LogP contribution in [0.1, 0.15) is 316 Å². The lowest BCUT2D eigenvalue weighted by Gasteiger charge is -2.18. The van der Waals surface area contributed by atoms with Crippen molar-refractivity contribution in [3.05, 3.63) is 36.5 Å². The van der Waals surface area contributed by atoms with Crippen LogP contribution >= 0.6 is 0 Å². The van der Waals surface area contributed by atoms with Crippen LogP contribution in [-0.4, -0.2) is 37.9 Å². The lowest BCUT2D eigenvalue weighted by Crippen LogP contribution is -2.30. The van der Waals surface area contributed by atoms with E-state index in [2.05, 4.69) is 57.2 Å². The van der Waals surface area contributed by atoms with Crippen LogP contribution in [-0.2, 0) is 23.8 Å². The normalized spacial score (nSPS) is 12.3. The van der Waals surface area contributed by atoms with Crippen molar-refractivity contribution in [1.29, 1.82) is 0 Å². The van der Waals surface area contributed by atoms with Crippen LogP contribution in [0.5, 0.6) is 0 Å². The third kappa shape index (κ3) is 54.7. The van der Waals surface area contributed by atoms with Gasteiger partial charge in [-0.2, -0.15) is 0 Å². The predicted octanol–water partition coefficient (Wildman–Crippen LogP) is 20.1. The van der Waals surface area contributed by atoms with E-state index in [-0.39, 0.29) is 25.2 Å². The van der Waals surface area contributed by atoms with Crippen LogP contribution < -0.4 is 0 Å². The molecule has 1 atom stereocenters. The molecule has 0 aliphatic rings. The smallest absolute Gasteiger partial charge is 0.306 e. The van der Waals surface area contributed by atoms with Crippen molar-refractivity contribution < 1.29 is 23.8 Å².